The molecule has 2 N–H and O–H groups in total. The minimum Gasteiger partial charge on any atom is -0.391 e. The fourth-order valence-corrected chi connectivity index (χ4v) is 6.26. The SMILES string of the molecule is O[C@H]1CCN(c2nc3cc(Nc4ccc(C5CCOCC5)c(CN5CCCC5)n4)ncc3s2)C1. The molecule has 8 nitrogen and oxygen atoms in total. The molecule has 180 valence electrons. The number of nitrogens with one attached hydrogen (secondary N) is 1. The zero-order valence-electron chi connectivity index (χ0n) is 19.4. The summed E-state index contributed by atoms with van der Waals surface area (Å²) in [7, 11) is 0. The Labute approximate surface area is 204 Å². The Morgan fingerprint density at radius 3 is 2.71 bits per heavy atom. The summed E-state index contributed by atoms with van der Waals surface area (Å²) in [5.74, 6) is 2.11. The first-order chi connectivity index (χ1) is 16.7. The zero-order valence-corrected chi connectivity index (χ0v) is 20.3. The maximum absolute atomic E-state index is 9.86. The number of aliphatic hydroxyl groups excluding tert-OH is 1. The Hall–Kier alpha value is -2.33. The second-order valence-corrected chi connectivity index (χ2v) is 10.7. The van der Waals surface area contributed by atoms with E-state index in [9.17, 15) is 5.11 Å². The summed E-state index contributed by atoms with van der Waals surface area (Å²) in [6, 6.07) is 6.34. The molecule has 1 atom stereocenters. The monoisotopic (exact) mass is 480 g/mol. The van der Waals surface area contributed by atoms with Gasteiger partial charge >= 0.3 is 0 Å². The first kappa shape index (κ1) is 22.2. The second-order valence-electron chi connectivity index (χ2n) is 9.65. The molecule has 34 heavy (non-hydrogen) atoms. The summed E-state index contributed by atoms with van der Waals surface area (Å²) < 4.78 is 6.65. The van der Waals surface area contributed by atoms with Crippen LogP contribution in [0.1, 0.15) is 49.3 Å². The van der Waals surface area contributed by atoms with Crippen molar-refractivity contribution < 1.29 is 9.84 Å². The molecular weight excluding hydrogens is 448 g/mol. The van der Waals surface area contributed by atoms with E-state index in [1.54, 1.807) is 11.3 Å². The number of likely N-dealkylation sites (tertiary alicyclic amines) is 1. The van der Waals surface area contributed by atoms with Gasteiger partial charge in [0.2, 0.25) is 0 Å². The van der Waals surface area contributed by atoms with Gasteiger partial charge in [-0.2, -0.15) is 0 Å². The van der Waals surface area contributed by atoms with E-state index in [4.69, 9.17) is 14.7 Å². The summed E-state index contributed by atoms with van der Waals surface area (Å²) >= 11 is 1.63. The Bertz CT molecular complexity index is 1140. The van der Waals surface area contributed by atoms with E-state index < -0.39 is 0 Å². The van der Waals surface area contributed by atoms with E-state index in [-0.39, 0.29) is 6.10 Å². The number of fused-ring (bicyclic) bond motifs is 1. The molecule has 0 amide bonds. The van der Waals surface area contributed by atoms with Gasteiger partial charge in [0.1, 0.15) is 11.6 Å². The van der Waals surface area contributed by atoms with Crippen molar-refractivity contribution in [2.75, 3.05) is 49.6 Å². The van der Waals surface area contributed by atoms with Crippen molar-refractivity contribution in [2.24, 2.45) is 0 Å². The summed E-state index contributed by atoms with van der Waals surface area (Å²) in [5.41, 5.74) is 3.49. The third-order valence-corrected chi connectivity index (χ3v) is 8.26. The van der Waals surface area contributed by atoms with Gasteiger partial charge in [0, 0.05) is 45.1 Å². The molecule has 0 aromatic carbocycles. The van der Waals surface area contributed by atoms with Gasteiger partial charge in [-0.25, -0.2) is 15.0 Å². The second kappa shape index (κ2) is 9.73. The van der Waals surface area contributed by atoms with E-state index in [2.05, 4.69) is 32.2 Å². The third kappa shape index (κ3) is 4.75. The molecule has 0 saturated carbocycles. The van der Waals surface area contributed by atoms with Crippen LogP contribution >= 0.6 is 11.3 Å². The van der Waals surface area contributed by atoms with Crippen LogP contribution in [0.2, 0.25) is 0 Å². The van der Waals surface area contributed by atoms with E-state index >= 15 is 0 Å². The largest absolute Gasteiger partial charge is 0.391 e. The number of nitrogens with zero attached hydrogens (tertiary/aromatic N) is 5. The van der Waals surface area contributed by atoms with Gasteiger partial charge in [-0.3, -0.25) is 4.90 Å². The number of aromatic nitrogens is 3. The number of β-amino-alcohol motifs (C(OH)–C–C–N with tert-alkyl or cyclic N) is 1. The highest BCUT2D eigenvalue weighted by atomic mass is 32.1. The fraction of sp³-hybridized carbons (Fsp3) is 0.560. The molecule has 0 aliphatic carbocycles. The normalized spacial score (nSPS) is 22.1. The Morgan fingerprint density at radius 2 is 1.91 bits per heavy atom. The lowest BCUT2D eigenvalue weighted by Gasteiger charge is -2.26. The van der Waals surface area contributed by atoms with Gasteiger partial charge in [0.25, 0.3) is 0 Å². The van der Waals surface area contributed by atoms with Crippen molar-refractivity contribution in [1.29, 1.82) is 0 Å². The van der Waals surface area contributed by atoms with Crippen LogP contribution in [-0.4, -0.2) is 70.5 Å². The van der Waals surface area contributed by atoms with Gasteiger partial charge < -0.3 is 20.1 Å². The average molecular weight is 481 g/mol. The smallest absolute Gasteiger partial charge is 0.186 e. The number of thiazole rings is 1. The minimum absolute atomic E-state index is 0.257. The molecule has 0 radical (unpaired) electrons. The Balaban J connectivity index is 1.24. The fourth-order valence-electron chi connectivity index (χ4n) is 5.31. The molecule has 3 aliphatic heterocycles. The van der Waals surface area contributed by atoms with Crippen molar-refractivity contribution in [3.8, 4) is 0 Å². The van der Waals surface area contributed by atoms with E-state index in [0.29, 0.717) is 12.5 Å². The number of hydrogen-bond acceptors (Lipinski definition) is 9. The van der Waals surface area contributed by atoms with Crippen LogP contribution in [-0.2, 0) is 11.3 Å². The number of aliphatic hydroxyl groups is 1. The summed E-state index contributed by atoms with van der Waals surface area (Å²) in [5, 5.41) is 14.2. The number of ether oxygens (including phenoxy) is 1. The molecule has 6 rings (SSSR count). The molecule has 3 aromatic heterocycles. The van der Waals surface area contributed by atoms with E-state index in [1.165, 1.54) is 24.1 Å². The van der Waals surface area contributed by atoms with E-state index in [1.807, 2.05) is 12.3 Å². The van der Waals surface area contributed by atoms with Crippen molar-refractivity contribution in [3.63, 3.8) is 0 Å². The number of hydrogen-bond donors (Lipinski definition) is 2. The van der Waals surface area contributed by atoms with E-state index in [0.717, 1.165) is 85.6 Å². The predicted octanol–water partition coefficient (Wildman–Crippen LogP) is 3.89. The predicted molar refractivity (Wildman–Crippen MR) is 135 cm³/mol. The zero-order chi connectivity index (χ0) is 22.9. The van der Waals surface area contributed by atoms with Crippen molar-refractivity contribution in [3.05, 3.63) is 35.7 Å². The van der Waals surface area contributed by atoms with Gasteiger partial charge in [-0.15, -0.1) is 0 Å². The number of rotatable bonds is 6. The van der Waals surface area contributed by atoms with Gasteiger partial charge in [-0.1, -0.05) is 17.4 Å². The van der Waals surface area contributed by atoms with Gasteiger partial charge in [-0.05, 0) is 62.7 Å². The molecular formula is C25H32N6O2S. The first-order valence-corrected chi connectivity index (χ1v) is 13.3. The minimum atomic E-state index is -0.257. The maximum atomic E-state index is 9.86. The first-order valence-electron chi connectivity index (χ1n) is 12.5. The lowest BCUT2D eigenvalue weighted by molar-refractivity contribution is 0.0849. The third-order valence-electron chi connectivity index (χ3n) is 7.20. The van der Waals surface area contributed by atoms with Crippen LogP contribution in [0.25, 0.3) is 10.2 Å². The van der Waals surface area contributed by atoms with Gasteiger partial charge in [0.05, 0.1) is 22.0 Å². The molecule has 6 heterocycles. The highest BCUT2D eigenvalue weighted by Gasteiger charge is 2.24. The van der Waals surface area contributed by atoms with Crippen LogP contribution in [0.15, 0.2) is 24.4 Å². The Morgan fingerprint density at radius 1 is 1.06 bits per heavy atom. The molecule has 0 unspecified atom stereocenters. The highest BCUT2D eigenvalue weighted by Crippen LogP contribution is 2.33. The van der Waals surface area contributed by atoms with Gasteiger partial charge in [0.15, 0.2) is 5.13 Å². The molecule has 3 aliphatic rings. The summed E-state index contributed by atoms with van der Waals surface area (Å²) in [6.45, 7) is 6.40. The topological polar surface area (TPSA) is 86.6 Å². The quantitative estimate of drug-likeness (QED) is 0.550. The lowest BCUT2D eigenvalue weighted by Crippen LogP contribution is -2.22. The lowest BCUT2D eigenvalue weighted by atomic mass is 9.90. The van der Waals surface area contributed by atoms with Crippen molar-refractivity contribution in [2.45, 2.75) is 50.7 Å². The molecule has 0 spiro atoms. The highest BCUT2D eigenvalue weighted by molar-refractivity contribution is 7.22. The van der Waals surface area contributed by atoms with Crippen LogP contribution in [0, 0.1) is 0 Å². The summed E-state index contributed by atoms with van der Waals surface area (Å²) in [6.07, 6.45) is 7.12. The molecule has 0 bridgehead atoms. The standard InChI is InChI=1S/C25H32N6O2S/c32-18-5-10-31(15-18)25-28-20-13-24(26-14-22(20)34-25)29-23-4-3-19(17-6-11-33-12-7-17)21(27-23)16-30-8-1-2-9-30/h3-4,13-14,17-18,32H,1-2,5-12,15-16H2,(H,26,27,29)/t18-/m0/s1. The summed E-state index contributed by atoms with van der Waals surface area (Å²) in [4.78, 5) is 19.2. The average Bonchev–Trinajstić information content (AvgIpc) is 3.61. The van der Waals surface area contributed by atoms with Crippen LogP contribution in [0.5, 0.6) is 0 Å². The molecule has 3 saturated heterocycles. The maximum Gasteiger partial charge on any atom is 0.186 e. The Kier molecular flexibility index (Phi) is 6.34. The molecule has 3 fully saturated rings. The van der Waals surface area contributed by atoms with Crippen LogP contribution < -0.4 is 10.2 Å². The van der Waals surface area contributed by atoms with Crippen LogP contribution in [0.3, 0.4) is 0 Å². The molecule has 9 heteroatoms. The van der Waals surface area contributed by atoms with Crippen molar-refractivity contribution in [1.82, 2.24) is 19.9 Å². The van der Waals surface area contributed by atoms with Crippen LogP contribution in [0.4, 0.5) is 16.8 Å². The number of anilines is 3. The van der Waals surface area contributed by atoms with Crippen molar-refractivity contribution >= 4 is 38.3 Å². The molecule has 3 aromatic rings. The number of pyridine rings is 2.